The van der Waals surface area contributed by atoms with E-state index in [1.54, 1.807) is 6.33 Å². The Morgan fingerprint density at radius 2 is 1.88 bits per heavy atom. The fourth-order valence-corrected chi connectivity index (χ4v) is 1.35. The SMILES string of the molecule is CCNc1cc(NCCN(C)C(C)C)ncn1. The van der Waals surface area contributed by atoms with Crippen LogP contribution >= 0.6 is 0 Å². The van der Waals surface area contributed by atoms with Crippen molar-refractivity contribution in [3.63, 3.8) is 0 Å². The Bertz CT molecular complexity index is 326. The summed E-state index contributed by atoms with van der Waals surface area (Å²) in [7, 11) is 2.12. The zero-order valence-electron chi connectivity index (χ0n) is 11.2. The van der Waals surface area contributed by atoms with E-state index >= 15 is 0 Å². The molecule has 0 aliphatic heterocycles. The summed E-state index contributed by atoms with van der Waals surface area (Å²) in [6.45, 7) is 9.18. The summed E-state index contributed by atoms with van der Waals surface area (Å²) in [5.41, 5.74) is 0. The molecule has 2 N–H and O–H groups in total. The van der Waals surface area contributed by atoms with Crippen LogP contribution in [0.25, 0.3) is 0 Å². The van der Waals surface area contributed by atoms with Crippen LogP contribution in [0.4, 0.5) is 11.6 Å². The topological polar surface area (TPSA) is 53.1 Å². The average molecular weight is 237 g/mol. The molecular weight excluding hydrogens is 214 g/mol. The molecule has 0 atom stereocenters. The largest absolute Gasteiger partial charge is 0.370 e. The minimum absolute atomic E-state index is 0.569. The van der Waals surface area contributed by atoms with Crippen LogP contribution in [0.5, 0.6) is 0 Å². The second kappa shape index (κ2) is 7.06. The van der Waals surface area contributed by atoms with E-state index < -0.39 is 0 Å². The molecule has 0 amide bonds. The summed E-state index contributed by atoms with van der Waals surface area (Å²) < 4.78 is 0. The number of anilines is 2. The van der Waals surface area contributed by atoms with Gasteiger partial charge in [-0.3, -0.25) is 0 Å². The third-order valence-electron chi connectivity index (χ3n) is 2.68. The lowest BCUT2D eigenvalue weighted by Crippen LogP contribution is -2.31. The van der Waals surface area contributed by atoms with Gasteiger partial charge in [-0.1, -0.05) is 0 Å². The molecule has 96 valence electrons. The highest BCUT2D eigenvalue weighted by atomic mass is 15.1. The van der Waals surface area contributed by atoms with Crippen molar-refractivity contribution in [2.45, 2.75) is 26.8 Å². The maximum atomic E-state index is 4.18. The van der Waals surface area contributed by atoms with Gasteiger partial charge < -0.3 is 15.5 Å². The third-order valence-corrected chi connectivity index (χ3v) is 2.68. The maximum absolute atomic E-state index is 4.18. The molecule has 0 fully saturated rings. The number of hydrogen-bond acceptors (Lipinski definition) is 5. The lowest BCUT2D eigenvalue weighted by atomic mass is 10.3. The fourth-order valence-electron chi connectivity index (χ4n) is 1.35. The second-order valence-corrected chi connectivity index (χ2v) is 4.32. The van der Waals surface area contributed by atoms with Gasteiger partial charge in [0.15, 0.2) is 0 Å². The molecule has 0 unspecified atom stereocenters. The standard InChI is InChI=1S/C12H23N5/c1-5-13-11-8-12(16-9-15-11)14-6-7-17(4)10(2)3/h8-10H,5-7H2,1-4H3,(H2,13,14,15,16). The molecule has 0 bridgehead atoms. The van der Waals surface area contributed by atoms with E-state index in [0.29, 0.717) is 6.04 Å². The van der Waals surface area contributed by atoms with Crippen molar-refractivity contribution in [3.05, 3.63) is 12.4 Å². The molecule has 0 saturated carbocycles. The fraction of sp³-hybridized carbons (Fsp3) is 0.667. The predicted molar refractivity (Wildman–Crippen MR) is 72.5 cm³/mol. The predicted octanol–water partition coefficient (Wildman–Crippen LogP) is 1.66. The number of hydrogen-bond donors (Lipinski definition) is 2. The average Bonchev–Trinajstić information content (AvgIpc) is 2.29. The van der Waals surface area contributed by atoms with Crippen molar-refractivity contribution in [2.24, 2.45) is 0 Å². The van der Waals surface area contributed by atoms with Crippen molar-refractivity contribution in [1.29, 1.82) is 0 Å². The Labute approximate surface area is 104 Å². The molecule has 17 heavy (non-hydrogen) atoms. The highest BCUT2D eigenvalue weighted by Crippen LogP contribution is 2.07. The first-order valence-electron chi connectivity index (χ1n) is 6.13. The van der Waals surface area contributed by atoms with Crippen LogP contribution in [0.15, 0.2) is 12.4 Å². The van der Waals surface area contributed by atoms with Crippen LogP contribution in [0.3, 0.4) is 0 Å². The van der Waals surface area contributed by atoms with E-state index in [-0.39, 0.29) is 0 Å². The van der Waals surface area contributed by atoms with Crippen molar-refractivity contribution in [1.82, 2.24) is 14.9 Å². The minimum atomic E-state index is 0.569. The first kappa shape index (κ1) is 13.7. The van der Waals surface area contributed by atoms with Crippen molar-refractivity contribution in [3.8, 4) is 0 Å². The van der Waals surface area contributed by atoms with Gasteiger partial charge in [-0.25, -0.2) is 9.97 Å². The number of likely N-dealkylation sites (N-methyl/N-ethyl adjacent to an activating group) is 1. The Balaban J connectivity index is 2.38. The van der Waals surface area contributed by atoms with Crippen LogP contribution in [-0.4, -0.2) is 47.6 Å². The van der Waals surface area contributed by atoms with Gasteiger partial charge in [-0.15, -0.1) is 0 Å². The van der Waals surface area contributed by atoms with Gasteiger partial charge in [0.1, 0.15) is 18.0 Å². The lowest BCUT2D eigenvalue weighted by molar-refractivity contribution is 0.284. The Kier molecular flexibility index (Phi) is 5.69. The van der Waals surface area contributed by atoms with Crippen molar-refractivity contribution >= 4 is 11.6 Å². The summed E-state index contributed by atoms with van der Waals surface area (Å²) in [5, 5.41) is 6.46. The van der Waals surface area contributed by atoms with E-state index in [9.17, 15) is 0 Å². The normalized spacial score (nSPS) is 10.9. The van der Waals surface area contributed by atoms with Crippen LogP contribution in [0.2, 0.25) is 0 Å². The quantitative estimate of drug-likeness (QED) is 0.755. The van der Waals surface area contributed by atoms with Crippen LogP contribution in [-0.2, 0) is 0 Å². The molecule has 1 heterocycles. The van der Waals surface area contributed by atoms with Crippen LogP contribution in [0, 0.1) is 0 Å². The van der Waals surface area contributed by atoms with Gasteiger partial charge in [-0.2, -0.15) is 0 Å². The number of nitrogens with zero attached hydrogens (tertiary/aromatic N) is 3. The van der Waals surface area contributed by atoms with Crippen LogP contribution < -0.4 is 10.6 Å². The second-order valence-electron chi connectivity index (χ2n) is 4.32. The molecule has 0 radical (unpaired) electrons. The Morgan fingerprint density at radius 3 is 2.47 bits per heavy atom. The zero-order valence-corrected chi connectivity index (χ0v) is 11.2. The van der Waals surface area contributed by atoms with Gasteiger partial charge in [0.25, 0.3) is 0 Å². The van der Waals surface area contributed by atoms with Gasteiger partial charge in [0.05, 0.1) is 0 Å². The molecule has 0 spiro atoms. The van der Waals surface area contributed by atoms with E-state index in [1.165, 1.54) is 0 Å². The van der Waals surface area contributed by atoms with Crippen molar-refractivity contribution < 1.29 is 0 Å². The maximum Gasteiger partial charge on any atom is 0.131 e. The highest BCUT2D eigenvalue weighted by molar-refractivity contribution is 5.46. The van der Waals surface area contributed by atoms with Gasteiger partial charge in [0, 0.05) is 31.7 Å². The lowest BCUT2D eigenvalue weighted by Gasteiger charge is -2.21. The van der Waals surface area contributed by atoms with Crippen LogP contribution in [0.1, 0.15) is 20.8 Å². The first-order valence-corrected chi connectivity index (χ1v) is 6.13. The zero-order chi connectivity index (χ0) is 12.7. The molecule has 0 aromatic carbocycles. The summed E-state index contributed by atoms with van der Waals surface area (Å²) >= 11 is 0. The molecule has 0 aliphatic carbocycles. The summed E-state index contributed by atoms with van der Waals surface area (Å²) in [6, 6.07) is 2.50. The number of aromatic nitrogens is 2. The molecule has 1 aromatic rings. The number of rotatable bonds is 7. The number of nitrogens with one attached hydrogen (secondary N) is 2. The molecular formula is C12H23N5. The molecule has 1 aromatic heterocycles. The van der Waals surface area contributed by atoms with E-state index in [4.69, 9.17) is 0 Å². The molecule has 0 aliphatic rings. The van der Waals surface area contributed by atoms with Crippen molar-refractivity contribution in [2.75, 3.05) is 37.3 Å². The smallest absolute Gasteiger partial charge is 0.131 e. The van der Waals surface area contributed by atoms with E-state index in [0.717, 1.165) is 31.3 Å². The Morgan fingerprint density at radius 1 is 1.24 bits per heavy atom. The summed E-state index contributed by atoms with van der Waals surface area (Å²) in [5.74, 6) is 1.73. The van der Waals surface area contributed by atoms with E-state index in [2.05, 4.69) is 46.4 Å². The third kappa shape index (κ3) is 4.99. The minimum Gasteiger partial charge on any atom is -0.370 e. The summed E-state index contributed by atoms with van der Waals surface area (Å²) in [4.78, 5) is 10.6. The van der Waals surface area contributed by atoms with E-state index in [1.807, 2.05) is 13.0 Å². The molecule has 1 rings (SSSR count). The molecule has 5 heteroatoms. The van der Waals surface area contributed by atoms with Gasteiger partial charge in [-0.05, 0) is 27.8 Å². The highest BCUT2D eigenvalue weighted by Gasteiger charge is 2.02. The molecule has 0 saturated heterocycles. The van der Waals surface area contributed by atoms with Gasteiger partial charge >= 0.3 is 0 Å². The summed E-state index contributed by atoms with van der Waals surface area (Å²) in [6.07, 6.45) is 1.58. The first-order chi connectivity index (χ1) is 8.13. The molecule has 5 nitrogen and oxygen atoms in total. The monoisotopic (exact) mass is 237 g/mol. The van der Waals surface area contributed by atoms with Gasteiger partial charge in [0.2, 0.25) is 0 Å². The Hall–Kier alpha value is -1.36.